The smallest absolute Gasteiger partial charge is 0.128 e. The highest BCUT2D eigenvalue weighted by Crippen LogP contribution is 2.25. The van der Waals surface area contributed by atoms with Gasteiger partial charge in [-0.3, -0.25) is 4.90 Å². The molecular formula is C13H15ClFN3S. The average molecular weight is 300 g/mol. The fraction of sp³-hybridized carbons (Fsp3) is 0.308. The van der Waals surface area contributed by atoms with E-state index >= 15 is 0 Å². The van der Waals surface area contributed by atoms with Crippen LogP contribution in [0.1, 0.15) is 17.3 Å². The van der Waals surface area contributed by atoms with Gasteiger partial charge in [0.15, 0.2) is 0 Å². The number of thiazole rings is 1. The second-order valence-corrected chi connectivity index (χ2v) is 5.47. The molecule has 0 aliphatic carbocycles. The van der Waals surface area contributed by atoms with Gasteiger partial charge in [0, 0.05) is 29.1 Å². The minimum Gasteiger partial charge on any atom is -0.329 e. The Balaban J connectivity index is 2.21. The van der Waals surface area contributed by atoms with E-state index in [1.807, 2.05) is 17.3 Å². The van der Waals surface area contributed by atoms with Crippen LogP contribution in [0.3, 0.4) is 0 Å². The van der Waals surface area contributed by atoms with E-state index in [9.17, 15) is 4.39 Å². The summed E-state index contributed by atoms with van der Waals surface area (Å²) >= 11 is 7.47. The minimum absolute atomic E-state index is 0.222. The Hall–Kier alpha value is -1.01. The Labute approximate surface area is 120 Å². The number of benzene rings is 1. The second-order valence-electron chi connectivity index (χ2n) is 4.31. The standard InChI is InChI=1S/C13H15ClFN3S/c1-18(6-10-7-19-8-17-10)13(5-16)11-4-9(14)2-3-12(11)15/h2-4,7-8,13H,5-6,16H2,1H3. The summed E-state index contributed by atoms with van der Waals surface area (Å²) in [6, 6.07) is 4.32. The van der Waals surface area contributed by atoms with Crippen LogP contribution in [-0.2, 0) is 6.54 Å². The molecule has 2 aromatic rings. The molecule has 0 radical (unpaired) electrons. The zero-order chi connectivity index (χ0) is 13.8. The summed E-state index contributed by atoms with van der Waals surface area (Å²) in [6.45, 7) is 0.940. The van der Waals surface area contributed by atoms with Crippen molar-refractivity contribution in [2.24, 2.45) is 5.73 Å². The van der Waals surface area contributed by atoms with Crippen molar-refractivity contribution in [3.63, 3.8) is 0 Å². The fourth-order valence-corrected chi connectivity index (χ4v) is 2.73. The molecule has 0 aliphatic rings. The lowest BCUT2D eigenvalue weighted by Gasteiger charge is -2.27. The van der Waals surface area contributed by atoms with Crippen LogP contribution in [0, 0.1) is 5.82 Å². The van der Waals surface area contributed by atoms with Gasteiger partial charge in [-0.25, -0.2) is 9.37 Å². The van der Waals surface area contributed by atoms with Gasteiger partial charge < -0.3 is 5.73 Å². The molecule has 3 nitrogen and oxygen atoms in total. The summed E-state index contributed by atoms with van der Waals surface area (Å²) in [4.78, 5) is 6.20. The largest absolute Gasteiger partial charge is 0.329 e. The molecule has 1 unspecified atom stereocenters. The molecule has 0 bridgehead atoms. The molecule has 1 heterocycles. The minimum atomic E-state index is -0.287. The van der Waals surface area contributed by atoms with Crippen molar-refractivity contribution < 1.29 is 4.39 Å². The predicted octanol–water partition coefficient (Wildman–Crippen LogP) is 3.07. The average Bonchev–Trinajstić information content (AvgIpc) is 2.87. The number of rotatable bonds is 5. The first kappa shape index (κ1) is 14.4. The zero-order valence-corrected chi connectivity index (χ0v) is 12.1. The van der Waals surface area contributed by atoms with Crippen molar-refractivity contribution in [2.75, 3.05) is 13.6 Å². The number of hydrogen-bond donors (Lipinski definition) is 1. The molecule has 0 fully saturated rings. The molecule has 1 atom stereocenters. The normalized spacial score (nSPS) is 12.9. The number of likely N-dealkylation sites (N-methyl/N-ethyl adjacent to an activating group) is 1. The molecule has 2 N–H and O–H groups in total. The maximum absolute atomic E-state index is 13.9. The van der Waals surface area contributed by atoms with Crippen LogP contribution >= 0.6 is 22.9 Å². The van der Waals surface area contributed by atoms with E-state index < -0.39 is 0 Å². The van der Waals surface area contributed by atoms with E-state index in [1.165, 1.54) is 23.5 Å². The van der Waals surface area contributed by atoms with Crippen LogP contribution in [0.5, 0.6) is 0 Å². The molecule has 1 aromatic carbocycles. The third-order valence-corrected chi connectivity index (χ3v) is 3.84. The topological polar surface area (TPSA) is 42.2 Å². The maximum atomic E-state index is 13.9. The Bertz CT molecular complexity index is 533. The third-order valence-electron chi connectivity index (χ3n) is 2.97. The summed E-state index contributed by atoms with van der Waals surface area (Å²) in [5, 5.41) is 2.48. The molecule has 2 rings (SSSR count). The summed E-state index contributed by atoms with van der Waals surface area (Å²) in [7, 11) is 1.90. The van der Waals surface area contributed by atoms with Gasteiger partial charge in [-0.15, -0.1) is 11.3 Å². The third kappa shape index (κ3) is 3.51. The maximum Gasteiger partial charge on any atom is 0.128 e. The van der Waals surface area contributed by atoms with Gasteiger partial charge in [-0.2, -0.15) is 0 Å². The van der Waals surface area contributed by atoms with E-state index in [1.54, 1.807) is 11.6 Å². The zero-order valence-electron chi connectivity index (χ0n) is 10.5. The summed E-state index contributed by atoms with van der Waals surface area (Å²) in [5.41, 5.74) is 9.04. The van der Waals surface area contributed by atoms with Crippen LogP contribution in [0.4, 0.5) is 4.39 Å². The van der Waals surface area contributed by atoms with Gasteiger partial charge in [0.05, 0.1) is 17.2 Å². The van der Waals surface area contributed by atoms with Crippen LogP contribution in [0.25, 0.3) is 0 Å². The van der Waals surface area contributed by atoms with Gasteiger partial charge in [0.25, 0.3) is 0 Å². The van der Waals surface area contributed by atoms with Crippen LogP contribution in [-0.4, -0.2) is 23.5 Å². The van der Waals surface area contributed by atoms with Crippen LogP contribution in [0.15, 0.2) is 29.1 Å². The van der Waals surface area contributed by atoms with Crippen molar-refractivity contribution in [3.8, 4) is 0 Å². The Morgan fingerprint density at radius 2 is 2.32 bits per heavy atom. The molecule has 0 spiro atoms. The van der Waals surface area contributed by atoms with E-state index in [4.69, 9.17) is 17.3 Å². The second kappa shape index (κ2) is 6.43. The molecule has 0 saturated heterocycles. The monoisotopic (exact) mass is 299 g/mol. The van der Waals surface area contributed by atoms with E-state index in [2.05, 4.69) is 4.98 Å². The number of nitrogens with two attached hydrogens (primary N) is 1. The van der Waals surface area contributed by atoms with Crippen molar-refractivity contribution >= 4 is 22.9 Å². The quantitative estimate of drug-likeness (QED) is 0.922. The van der Waals surface area contributed by atoms with Crippen LogP contribution < -0.4 is 5.73 Å². The molecule has 6 heteroatoms. The van der Waals surface area contributed by atoms with Crippen molar-refractivity contribution in [1.29, 1.82) is 0 Å². The van der Waals surface area contributed by atoms with Crippen LogP contribution in [0.2, 0.25) is 5.02 Å². The van der Waals surface area contributed by atoms with Gasteiger partial charge in [0.2, 0.25) is 0 Å². The van der Waals surface area contributed by atoms with E-state index in [0.717, 1.165) is 5.69 Å². The summed E-state index contributed by atoms with van der Waals surface area (Å²) in [6.07, 6.45) is 0. The summed E-state index contributed by atoms with van der Waals surface area (Å²) in [5.74, 6) is -0.287. The molecule has 0 amide bonds. The molecule has 0 aliphatic heterocycles. The number of nitrogens with zero attached hydrogens (tertiary/aromatic N) is 2. The number of halogens is 2. The number of hydrogen-bond acceptors (Lipinski definition) is 4. The molecule has 0 saturated carbocycles. The first-order chi connectivity index (χ1) is 9.11. The van der Waals surface area contributed by atoms with Gasteiger partial charge in [0.1, 0.15) is 5.82 Å². The van der Waals surface area contributed by atoms with Gasteiger partial charge in [-0.05, 0) is 25.2 Å². The van der Waals surface area contributed by atoms with Crippen molar-refractivity contribution in [1.82, 2.24) is 9.88 Å². The molecule has 1 aromatic heterocycles. The lowest BCUT2D eigenvalue weighted by molar-refractivity contribution is 0.234. The van der Waals surface area contributed by atoms with E-state index in [-0.39, 0.29) is 11.9 Å². The Kier molecular flexibility index (Phi) is 4.87. The summed E-state index contributed by atoms with van der Waals surface area (Å²) < 4.78 is 13.9. The Morgan fingerprint density at radius 3 is 2.95 bits per heavy atom. The highest BCUT2D eigenvalue weighted by Gasteiger charge is 2.20. The predicted molar refractivity (Wildman–Crippen MR) is 76.8 cm³/mol. The Morgan fingerprint density at radius 1 is 1.53 bits per heavy atom. The van der Waals surface area contributed by atoms with Gasteiger partial charge in [-0.1, -0.05) is 11.6 Å². The fourth-order valence-electron chi connectivity index (χ4n) is 2.00. The van der Waals surface area contributed by atoms with E-state index in [0.29, 0.717) is 23.7 Å². The lowest BCUT2D eigenvalue weighted by atomic mass is 10.0. The lowest BCUT2D eigenvalue weighted by Crippen LogP contribution is -2.31. The highest BCUT2D eigenvalue weighted by molar-refractivity contribution is 7.07. The van der Waals surface area contributed by atoms with Crippen molar-refractivity contribution in [2.45, 2.75) is 12.6 Å². The highest BCUT2D eigenvalue weighted by atomic mass is 35.5. The number of aromatic nitrogens is 1. The first-order valence-corrected chi connectivity index (χ1v) is 7.16. The first-order valence-electron chi connectivity index (χ1n) is 5.84. The van der Waals surface area contributed by atoms with Crippen molar-refractivity contribution in [3.05, 3.63) is 51.2 Å². The molecule has 102 valence electrons. The molecule has 19 heavy (non-hydrogen) atoms. The SMILES string of the molecule is CN(Cc1cscn1)C(CN)c1cc(Cl)ccc1F. The van der Waals surface area contributed by atoms with Gasteiger partial charge >= 0.3 is 0 Å². The molecular weight excluding hydrogens is 285 g/mol.